The molecular formula is C21H38N2S2. The summed E-state index contributed by atoms with van der Waals surface area (Å²) < 4.78 is 1.15. The van der Waals surface area contributed by atoms with Crippen molar-refractivity contribution in [2.45, 2.75) is 92.2 Å². The summed E-state index contributed by atoms with van der Waals surface area (Å²) in [4.78, 5) is 5.33. The van der Waals surface area contributed by atoms with Gasteiger partial charge in [-0.15, -0.1) is 0 Å². The predicted octanol–water partition coefficient (Wildman–Crippen LogP) is 5.97. The highest BCUT2D eigenvalue weighted by Gasteiger charge is 2.41. The molecule has 1 saturated heterocycles. The second-order valence-corrected chi connectivity index (χ2v) is 12.5. The normalized spacial score (nSPS) is 39.4. The van der Waals surface area contributed by atoms with Crippen LogP contribution in [0.25, 0.3) is 0 Å². The van der Waals surface area contributed by atoms with Gasteiger partial charge in [0, 0.05) is 12.1 Å². The molecule has 4 heteroatoms. The van der Waals surface area contributed by atoms with Gasteiger partial charge in [-0.3, -0.25) is 4.90 Å². The highest BCUT2D eigenvalue weighted by molar-refractivity contribution is 8.22. The lowest BCUT2D eigenvalue weighted by molar-refractivity contribution is 0.0281. The van der Waals surface area contributed by atoms with Crippen molar-refractivity contribution in [2.75, 3.05) is 12.5 Å². The van der Waals surface area contributed by atoms with E-state index in [-0.39, 0.29) is 0 Å². The van der Waals surface area contributed by atoms with Gasteiger partial charge in [0.1, 0.15) is 4.32 Å². The molecule has 4 atom stereocenters. The summed E-state index contributed by atoms with van der Waals surface area (Å²) in [5.74, 6) is 2.74. The molecule has 0 bridgehead atoms. The molecule has 2 nitrogen and oxygen atoms in total. The van der Waals surface area contributed by atoms with E-state index in [2.05, 4.69) is 51.3 Å². The first-order valence-electron chi connectivity index (χ1n) is 10.2. The van der Waals surface area contributed by atoms with E-state index in [1.54, 1.807) is 0 Å². The lowest BCUT2D eigenvalue weighted by Crippen LogP contribution is -2.56. The van der Waals surface area contributed by atoms with Gasteiger partial charge < -0.3 is 4.90 Å². The van der Waals surface area contributed by atoms with Gasteiger partial charge in [0.25, 0.3) is 0 Å². The fourth-order valence-corrected chi connectivity index (χ4v) is 7.41. The van der Waals surface area contributed by atoms with Crippen molar-refractivity contribution < 1.29 is 0 Å². The van der Waals surface area contributed by atoms with Crippen molar-refractivity contribution in [3.63, 3.8) is 0 Å². The Bertz CT molecular complexity index is 502. The van der Waals surface area contributed by atoms with E-state index >= 15 is 0 Å². The molecule has 0 unspecified atom stereocenters. The Morgan fingerprint density at radius 2 is 1.40 bits per heavy atom. The summed E-state index contributed by atoms with van der Waals surface area (Å²) in [6.07, 6.45) is 8.03. The van der Waals surface area contributed by atoms with Crippen LogP contribution < -0.4 is 0 Å². The summed E-state index contributed by atoms with van der Waals surface area (Å²) >= 11 is 7.71. The molecule has 1 aliphatic heterocycles. The van der Waals surface area contributed by atoms with Gasteiger partial charge >= 0.3 is 0 Å². The standard InChI is InChI=1S/C21H38N2S2/c1-15-7-17(11-20(3,4)9-15)22-13-23(19(24)25-14-22)18-8-16(2)10-21(5,6)12-18/h15-18H,7-14H2,1-6H3/t15-,16-,17+,18+/m0/s1. The largest absolute Gasteiger partial charge is 0.341 e. The molecule has 3 aliphatic rings. The van der Waals surface area contributed by atoms with Crippen LogP contribution in [-0.4, -0.2) is 38.7 Å². The van der Waals surface area contributed by atoms with E-state index in [0.717, 1.165) is 34.7 Å². The van der Waals surface area contributed by atoms with Crippen LogP contribution in [0, 0.1) is 22.7 Å². The molecule has 1 heterocycles. The maximum atomic E-state index is 5.81. The van der Waals surface area contributed by atoms with Gasteiger partial charge in [0.05, 0.1) is 12.5 Å². The van der Waals surface area contributed by atoms with Gasteiger partial charge in [0.15, 0.2) is 0 Å². The van der Waals surface area contributed by atoms with Crippen molar-refractivity contribution in [3.05, 3.63) is 0 Å². The number of rotatable bonds is 2. The van der Waals surface area contributed by atoms with E-state index in [9.17, 15) is 0 Å². The molecular weight excluding hydrogens is 344 g/mol. The molecule has 0 amide bonds. The third kappa shape index (κ3) is 4.93. The molecule has 0 aromatic carbocycles. The van der Waals surface area contributed by atoms with Crippen LogP contribution in [0.3, 0.4) is 0 Å². The van der Waals surface area contributed by atoms with Crippen LogP contribution in [-0.2, 0) is 0 Å². The molecule has 2 saturated carbocycles. The number of thioether (sulfide) groups is 1. The highest BCUT2D eigenvalue weighted by Crippen LogP contribution is 2.44. The van der Waals surface area contributed by atoms with Crippen LogP contribution in [0.1, 0.15) is 80.1 Å². The molecule has 3 fully saturated rings. The molecule has 2 aliphatic carbocycles. The van der Waals surface area contributed by atoms with E-state index in [1.807, 2.05) is 11.8 Å². The van der Waals surface area contributed by atoms with Crippen molar-refractivity contribution >= 4 is 28.3 Å². The Morgan fingerprint density at radius 3 is 1.96 bits per heavy atom. The molecule has 0 aromatic rings. The zero-order chi connectivity index (χ0) is 18.4. The smallest absolute Gasteiger partial charge is 0.138 e. The summed E-state index contributed by atoms with van der Waals surface area (Å²) in [5, 5.41) is 0. The topological polar surface area (TPSA) is 6.48 Å². The first-order chi connectivity index (χ1) is 11.5. The number of hydrogen-bond donors (Lipinski definition) is 0. The SMILES string of the molecule is C[C@H]1C[C@@H](N2CSC(=S)N([C@@H]3C[C@H](C)CC(C)(C)C3)C2)CC(C)(C)C1. The summed E-state index contributed by atoms with van der Waals surface area (Å²) in [6.45, 7) is 15.7. The maximum Gasteiger partial charge on any atom is 0.138 e. The van der Waals surface area contributed by atoms with E-state index in [0.29, 0.717) is 16.9 Å². The fraction of sp³-hybridized carbons (Fsp3) is 0.952. The van der Waals surface area contributed by atoms with Crippen molar-refractivity contribution in [3.8, 4) is 0 Å². The molecule has 0 spiro atoms. The van der Waals surface area contributed by atoms with Gasteiger partial charge in [-0.2, -0.15) is 0 Å². The van der Waals surface area contributed by atoms with Gasteiger partial charge in [-0.05, 0) is 61.2 Å². The minimum Gasteiger partial charge on any atom is -0.341 e. The number of nitrogens with zero attached hydrogens (tertiary/aromatic N) is 2. The van der Waals surface area contributed by atoms with Gasteiger partial charge in [-0.25, -0.2) is 0 Å². The minimum atomic E-state index is 0.451. The monoisotopic (exact) mass is 382 g/mol. The Morgan fingerprint density at radius 1 is 0.880 bits per heavy atom. The summed E-state index contributed by atoms with van der Waals surface area (Å²) in [7, 11) is 0. The first-order valence-corrected chi connectivity index (χ1v) is 11.6. The first kappa shape index (κ1) is 19.9. The lowest BCUT2D eigenvalue weighted by Gasteiger charge is -2.51. The molecule has 144 valence electrons. The van der Waals surface area contributed by atoms with Crippen molar-refractivity contribution in [1.29, 1.82) is 0 Å². The number of thiocarbonyl (C=S) groups is 1. The van der Waals surface area contributed by atoms with E-state index in [4.69, 9.17) is 12.2 Å². The van der Waals surface area contributed by atoms with Crippen molar-refractivity contribution in [1.82, 2.24) is 9.80 Å². The number of hydrogen-bond acceptors (Lipinski definition) is 3. The molecule has 0 aromatic heterocycles. The third-order valence-electron chi connectivity index (χ3n) is 6.61. The van der Waals surface area contributed by atoms with Crippen LogP contribution >= 0.6 is 24.0 Å². The highest BCUT2D eigenvalue weighted by atomic mass is 32.2. The van der Waals surface area contributed by atoms with E-state index in [1.165, 1.54) is 38.5 Å². The quantitative estimate of drug-likeness (QED) is 0.543. The zero-order valence-corrected chi connectivity index (χ0v) is 18.8. The van der Waals surface area contributed by atoms with Crippen LogP contribution in [0.15, 0.2) is 0 Å². The van der Waals surface area contributed by atoms with Gasteiger partial charge in [-0.1, -0.05) is 65.5 Å². The molecule has 0 radical (unpaired) electrons. The summed E-state index contributed by atoms with van der Waals surface area (Å²) in [6, 6.07) is 1.36. The Labute approximate surface area is 165 Å². The zero-order valence-electron chi connectivity index (χ0n) is 17.2. The predicted molar refractivity (Wildman–Crippen MR) is 115 cm³/mol. The average molecular weight is 383 g/mol. The Hall–Kier alpha value is 0.200. The Balaban J connectivity index is 1.70. The van der Waals surface area contributed by atoms with E-state index < -0.39 is 0 Å². The lowest BCUT2D eigenvalue weighted by atomic mass is 9.70. The van der Waals surface area contributed by atoms with Crippen LogP contribution in [0.2, 0.25) is 0 Å². The second kappa shape index (κ2) is 7.31. The Kier molecular flexibility index (Phi) is 5.84. The second-order valence-electron chi connectivity index (χ2n) is 10.9. The average Bonchev–Trinajstić information content (AvgIpc) is 2.43. The van der Waals surface area contributed by atoms with Gasteiger partial charge in [0.2, 0.25) is 0 Å². The molecule has 0 N–H and O–H groups in total. The minimum absolute atomic E-state index is 0.451. The molecule has 3 rings (SSSR count). The molecule has 25 heavy (non-hydrogen) atoms. The third-order valence-corrected chi connectivity index (χ3v) is 8.14. The van der Waals surface area contributed by atoms with Crippen LogP contribution in [0.5, 0.6) is 0 Å². The van der Waals surface area contributed by atoms with Crippen LogP contribution in [0.4, 0.5) is 0 Å². The van der Waals surface area contributed by atoms with Crippen molar-refractivity contribution in [2.24, 2.45) is 22.7 Å². The fourth-order valence-electron chi connectivity index (χ4n) is 6.11. The maximum absolute atomic E-state index is 5.81. The summed E-state index contributed by atoms with van der Waals surface area (Å²) in [5.41, 5.74) is 0.934.